The molecular weight excluding hydrogens is 292 g/mol. The molecule has 2 aliphatic rings. The van der Waals surface area contributed by atoms with Gasteiger partial charge in [-0.3, -0.25) is 0 Å². The van der Waals surface area contributed by atoms with E-state index in [1.165, 1.54) is 0 Å². The van der Waals surface area contributed by atoms with Gasteiger partial charge in [0.15, 0.2) is 0 Å². The van der Waals surface area contributed by atoms with Crippen molar-refractivity contribution in [1.82, 2.24) is 0 Å². The topological polar surface area (TPSA) is 49.7 Å². The van der Waals surface area contributed by atoms with Gasteiger partial charge in [-0.05, 0) is 30.3 Å². The lowest BCUT2D eigenvalue weighted by atomic mass is 10.0. The third kappa shape index (κ3) is 2.67. The lowest BCUT2D eigenvalue weighted by Gasteiger charge is -2.35. The third-order valence-electron chi connectivity index (χ3n) is 4.93. The predicted molar refractivity (Wildman–Crippen MR) is 91.5 cm³/mol. The number of phenols is 2. The van der Waals surface area contributed by atoms with Crippen LogP contribution in [0.1, 0.15) is 44.2 Å². The molecule has 2 N–H and O–H groups in total. The minimum absolute atomic E-state index is 0.150. The second kappa shape index (κ2) is 4.65. The van der Waals surface area contributed by atoms with Crippen LogP contribution >= 0.6 is 0 Å². The molecule has 0 atom stereocenters. The molecule has 4 heteroatoms. The minimum Gasteiger partial charge on any atom is -0.546 e. The van der Waals surface area contributed by atoms with Gasteiger partial charge in [-0.25, -0.2) is 0 Å². The molecule has 0 spiro atoms. The van der Waals surface area contributed by atoms with Gasteiger partial charge in [-0.2, -0.15) is 0 Å². The Labute approximate surface area is 133 Å². The van der Waals surface area contributed by atoms with Crippen LogP contribution in [0.2, 0.25) is 18.1 Å². The lowest BCUT2D eigenvalue weighted by molar-refractivity contribution is 0.402. The second-order valence-electron chi connectivity index (χ2n) is 7.78. The van der Waals surface area contributed by atoms with Crippen LogP contribution in [0.5, 0.6) is 11.5 Å². The first-order valence-corrected chi connectivity index (χ1v) is 10.7. The molecule has 3 nitrogen and oxygen atoms in total. The van der Waals surface area contributed by atoms with Crippen molar-refractivity contribution < 1.29 is 14.6 Å². The number of benzene rings is 1. The molecule has 0 aliphatic heterocycles. The molecule has 0 unspecified atom stereocenters. The highest BCUT2D eigenvalue weighted by atomic mass is 28.4. The monoisotopic (exact) mass is 316 g/mol. The summed E-state index contributed by atoms with van der Waals surface area (Å²) < 4.78 is 6.30. The number of allylic oxidation sites excluding steroid dienone is 4. The maximum Gasteiger partial charge on any atom is 0.250 e. The standard InChI is InChI=1S/C18H24O3Si/c1-18(2,3)22(4,5)21-16-10-14(16)15-9-12(19)8-13(17(15)20)11-6-7-11/h6-9,11,19-20H,10H2,1-5H3. The summed E-state index contributed by atoms with van der Waals surface area (Å²) in [7, 11) is -1.85. The van der Waals surface area contributed by atoms with Crippen molar-refractivity contribution in [3.63, 3.8) is 0 Å². The van der Waals surface area contributed by atoms with Gasteiger partial charge in [0, 0.05) is 29.0 Å². The fraction of sp³-hybridized carbons (Fsp3) is 0.444. The summed E-state index contributed by atoms with van der Waals surface area (Å²) in [6.07, 6.45) is 4.78. The van der Waals surface area contributed by atoms with E-state index in [9.17, 15) is 10.2 Å². The third-order valence-corrected chi connectivity index (χ3v) is 9.30. The number of phenolic OH excluding ortho intramolecular Hbond substituents is 2. The van der Waals surface area contributed by atoms with Crippen LogP contribution in [0.15, 0.2) is 30.0 Å². The number of hydrogen-bond donors (Lipinski definition) is 2. The highest BCUT2D eigenvalue weighted by Gasteiger charge is 2.42. The highest BCUT2D eigenvalue weighted by molar-refractivity contribution is 6.74. The van der Waals surface area contributed by atoms with Crippen molar-refractivity contribution in [2.45, 2.75) is 51.2 Å². The average molecular weight is 316 g/mol. The van der Waals surface area contributed by atoms with Crippen molar-refractivity contribution in [2.75, 3.05) is 0 Å². The Morgan fingerprint density at radius 3 is 2.32 bits per heavy atom. The molecule has 0 radical (unpaired) electrons. The van der Waals surface area contributed by atoms with Crippen molar-refractivity contribution in [2.24, 2.45) is 0 Å². The highest BCUT2D eigenvalue weighted by Crippen LogP contribution is 2.51. The maximum absolute atomic E-state index is 10.5. The van der Waals surface area contributed by atoms with Gasteiger partial charge in [-0.1, -0.05) is 32.9 Å². The van der Waals surface area contributed by atoms with E-state index in [1.54, 1.807) is 12.1 Å². The summed E-state index contributed by atoms with van der Waals surface area (Å²) in [6.45, 7) is 11.1. The summed E-state index contributed by atoms with van der Waals surface area (Å²) in [4.78, 5) is 0. The minimum atomic E-state index is -1.85. The van der Waals surface area contributed by atoms with Crippen LogP contribution in [0.4, 0.5) is 0 Å². The van der Waals surface area contributed by atoms with Gasteiger partial charge >= 0.3 is 0 Å². The largest absolute Gasteiger partial charge is 0.546 e. The molecule has 3 rings (SSSR count). The van der Waals surface area contributed by atoms with Crippen LogP contribution in [0.25, 0.3) is 5.57 Å². The Bertz CT molecular complexity index is 687. The van der Waals surface area contributed by atoms with E-state index in [1.807, 2.05) is 12.2 Å². The van der Waals surface area contributed by atoms with Crippen LogP contribution in [-0.2, 0) is 4.43 Å². The van der Waals surface area contributed by atoms with Gasteiger partial charge in [0.25, 0.3) is 0 Å². The van der Waals surface area contributed by atoms with Crippen LogP contribution in [0, 0.1) is 0 Å². The fourth-order valence-electron chi connectivity index (χ4n) is 2.31. The van der Waals surface area contributed by atoms with Crippen molar-refractivity contribution in [3.8, 4) is 11.5 Å². The van der Waals surface area contributed by atoms with E-state index in [-0.39, 0.29) is 22.5 Å². The molecule has 22 heavy (non-hydrogen) atoms. The molecule has 1 aromatic carbocycles. The molecule has 0 heterocycles. The Balaban J connectivity index is 1.89. The molecule has 0 saturated heterocycles. The smallest absolute Gasteiger partial charge is 0.250 e. The van der Waals surface area contributed by atoms with Gasteiger partial charge in [0.2, 0.25) is 8.32 Å². The van der Waals surface area contributed by atoms with Gasteiger partial charge in [0.05, 0.1) is 5.76 Å². The zero-order chi connectivity index (χ0) is 16.3. The predicted octanol–water partition coefficient (Wildman–Crippen LogP) is 4.89. The fourth-order valence-corrected chi connectivity index (χ4v) is 3.43. The average Bonchev–Trinajstić information content (AvgIpc) is 3.24. The van der Waals surface area contributed by atoms with Crippen LogP contribution in [0.3, 0.4) is 0 Å². The zero-order valence-electron chi connectivity index (χ0n) is 13.9. The van der Waals surface area contributed by atoms with E-state index in [2.05, 4.69) is 33.9 Å². The first-order chi connectivity index (χ1) is 10.1. The van der Waals surface area contributed by atoms with E-state index in [0.717, 1.165) is 28.9 Å². The van der Waals surface area contributed by atoms with Gasteiger partial charge in [0.1, 0.15) is 11.5 Å². The van der Waals surface area contributed by atoms with E-state index < -0.39 is 8.32 Å². The van der Waals surface area contributed by atoms with Gasteiger partial charge in [-0.15, -0.1) is 0 Å². The molecule has 0 saturated carbocycles. The molecular formula is C18H24O3Si. The first-order valence-electron chi connectivity index (χ1n) is 7.76. The van der Waals surface area contributed by atoms with E-state index in [0.29, 0.717) is 0 Å². The quantitative estimate of drug-likeness (QED) is 0.472. The number of rotatable bonds is 4. The first kappa shape index (κ1) is 15.2. The van der Waals surface area contributed by atoms with Crippen LogP contribution in [-0.4, -0.2) is 18.5 Å². The van der Waals surface area contributed by atoms with Crippen molar-refractivity contribution >= 4 is 13.9 Å². The summed E-state index contributed by atoms with van der Waals surface area (Å²) >= 11 is 0. The zero-order valence-corrected chi connectivity index (χ0v) is 14.9. The maximum atomic E-state index is 10.5. The molecule has 118 valence electrons. The molecule has 0 amide bonds. The van der Waals surface area contributed by atoms with Gasteiger partial charge < -0.3 is 14.6 Å². The lowest BCUT2D eigenvalue weighted by Crippen LogP contribution is -2.39. The number of aromatic hydroxyl groups is 2. The Kier molecular flexibility index (Phi) is 3.22. The van der Waals surface area contributed by atoms with E-state index >= 15 is 0 Å². The Hall–Kier alpha value is -1.68. The SMILES string of the molecule is CC(C)(C)[Si](C)(C)OC1=C(c2cc(O)cc(C3C=C3)c2O)C1. The van der Waals surface area contributed by atoms with Crippen molar-refractivity contribution in [1.29, 1.82) is 0 Å². The van der Waals surface area contributed by atoms with Crippen LogP contribution < -0.4 is 0 Å². The summed E-state index contributed by atoms with van der Waals surface area (Å²) in [5, 5.41) is 20.6. The Morgan fingerprint density at radius 1 is 1.14 bits per heavy atom. The molecule has 2 aliphatic carbocycles. The van der Waals surface area contributed by atoms with Crippen molar-refractivity contribution in [3.05, 3.63) is 41.2 Å². The molecule has 0 fully saturated rings. The molecule has 1 aromatic rings. The summed E-state index contributed by atoms with van der Waals surface area (Å²) in [5.41, 5.74) is 2.53. The Morgan fingerprint density at radius 2 is 1.77 bits per heavy atom. The van der Waals surface area contributed by atoms with E-state index in [4.69, 9.17) is 4.43 Å². The second-order valence-corrected chi connectivity index (χ2v) is 12.5. The number of hydrogen-bond acceptors (Lipinski definition) is 3. The summed E-state index contributed by atoms with van der Waals surface area (Å²) in [5.74, 6) is 1.61. The molecule has 0 aromatic heterocycles. The summed E-state index contributed by atoms with van der Waals surface area (Å²) in [6, 6.07) is 3.28. The molecule has 0 bridgehead atoms. The normalized spacial score (nSPS) is 17.9.